The van der Waals surface area contributed by atoms with E-state index in [1.54, 1.807) is 17.4 Å². The minimum atomic E-state index is -0.281. The van der Waals surface area contributed by atoms with Crippen molar-refractivity contribution in [2.24, 2.45) is 0 Å². The van der Waals surface area contributed by atoms with E-state index in [1.807, 2.05) is 23.7 Å². The lowest BCUT2D eigenvalue weighted by atomic mass is 9.82. The zero-order valence-corrected chi connectivity index (χ0v) is 25.2. The molecule has 1 atom stereocenters. The number of hydrogen-bond donors (Lipinski definition) is 2. The van der Waals surface area contributed by atoms with Crippen molar-refractivity contribution < 1.29 is 9.59 Å². The van der Waals surface area contributed by atoms with E-state index in [1.165, 1.54) is 5.56 Å². The van der Waals surface area contributed by atoms with Gasteiger partial charge in [0.1, 0.15) is 12.0 Å². The van der Waals surface area contributed by atoms with Gasteiger partial charge in [0.15, 0.2) is 5.82 Å². The number of hydrogen-bond acceptors (Lipinski definition) is 8. The Kier molecular flexibility index (Phi) is 7.06. The molecule has 44 heavy (non-hydrogen) atoms. The van der Waals surface area contributed by atoms with Crippen molar-refractivity contribution in [3.05, 3.63) is 78.1 Å². The van der Waals surface area contributed by atoms with E-state index in [0.29, 0.717) is 25.3 Å². The number of benzene rings is 1. The molecule has 3 saturated heterocycles. The number of carbonyl (C=O) groups is 2. The molecule has 3 amide bonds. The van der Waals surface area contributed by atoms with E-state index >= 15 is 0 Å². The first kappa shape index (κ1) is 28.1. The fourth-order valence-electron chi connectivity index (χ4n) is 6.98. The number of anilines is 2. The molecule has 228 valence electrons. The molecule has 6 heterocycles. The van der Waals surface area contributed by atoms with Gasteiger partial charge in [-0.05, 0) is 43.4 Å². The Hall–Kier alpha value is -4.74. The summed E-state index contributed by atoms with van der Waals surface area (Å²) in [7, 11) is 0. The summed E-state index contributed by atoms with van der Waals surface area (Å²) in [5.41, 5.74) is 4.20. The van der Waals surface area contributed by atoms with Crippen LogP contribution in [0.15, 0.2) is 61.3 Å². The van der Waals surface area contributed by atoms with Crippen molar-refractivity contribution in [1.82, 2.24) is 40.1 Å². The van der Waals surface area contributed by atoms with Crippen LogP contribution in [-0.2, 0) is 5.41 Å². The Morgan fingerprint density at radius 1 is 1.05 bits per heavy atom. The van der Waals surface area contributed by atoms with Crippen LogP contribution >= 0.6 is 0 Å². The molecular weight excluding hydrogens is 556 g/mol. The van der Waals surface area contributed by atoms with Gasteiger partial charge in [0, 0.05) is 63.6 Å². The highest BCUT2D eigenvalue weighted by atomic mass is 16.2. The molecule has 0 saturated carbocycles. The van der Waals surface area contributed by atoms with Crippen LogP contribution in [0.1, 0.15) is 47.8 Å². The van der Waals surface area contributed by atoms with Crippen LogP contribution in [0.5, 0.6) is 0 Å². The number of aromatic nitrogens is 5. The highest BCUT2D eigenvalue weighted by Crippen LogP contribution is 2.36. The molecular formula is C32H38N10O2. The molecule has 12 nitrogen and oxygen atoms in total. The van der Waals surface area contributed by atoms with Crippen molar-refractivity contribution in [3.63, 3.8) is 0 Å². The average molecular weight is 595 g/mol. The number of rotatable bonds is 7. The second-order valence-corrected chi connectivity index (χ2v) is 12.6. The standard InChI is InChI=1S/C32H38N10O2/c1-23-18-25(40-13-8-31(2,20-40)24-6-4-3-5-7-24)19-35-26(23)29(43)34-12-16-41-21-32(37-30(41)44)9-14-39(15-10-32)27-28-38-36-22-42(28)17-11-33-27/h3-7,11,17-19,22H,8-10,12-16,20-21H2,1-2H3,(H,34,43)(H,37,44)/t31-/m0/s1. The number of nitrogens with one attached hydrogen (secondary N) is 2. The number of amides is 3. The van der Waals surface area contributed by atoms with Gasteiger partial charge in [0.25, 0.3) is 5.91 Å². The van der Waals surface area contributed by atoms with Gasteiger partial charge in [-0.25, -0.2) is 14.8 Å². The summed E-state index contributed by atoms with van der Waals surface area (Å²) in [5, 5.41) is 14.4. The summed E-state index contributed by atoms with van der Waals surface area (Å²) in [4.78, 5) is 41.4. The molecule has 7 rings (SSSR count). The van der Waals surface area contributed by atoms with Crippen LogP contribution in [0.25, 0.3) is 5.65 Å². The molecule has 3 aliphatic heterocycles. The predicted octanol–water partition coefficient (Wildman–Crippen LogP) is 2.79. The van der Waals surface area contributed by atoms with Crippen molar-refractivity contribution in [1.29, 1.82) is 0 Å². The quantitative estimate of drug-likeness (QED) is 0.335. The minimum Gasteiger partial charge on any atom is -0.369 e. The molecule has 1 aromatic carbocycles. The van der Waals surface area contributed by atoms with Gasteiger partial charge in [0.05, 0.1) is 17.4 Å². The molecule has 4 aromatic rings. The van der Waals surface area contributed by atoms with Crippen molar-refractivity contribution in [2.45, 2.75) is 44.1 Å². The van der Waals surface area contributed by atoms with Gasteiger partial charge < -0.3 is 25.3 Å². The first-order valence-corrected chi connectivity index (χ1v) is 15.3. The molecule has 0 radical (unpaired) electrons. The van der Waals surface area contributed by atoms with Gasteiger partial charge in [-0.2, -0.15) is 0 Å². The zero-order chi connectivity index (χ0) is 30.3. The number of nitrogens with zero attached hydrogens (tertiary/aromatic N) is 8. The summed E-state index contributed by atoms with van der Waals surface area (Å²) < 4.78 is 1.86. The molecule has 0 bridgehead atoms. The highest BCUT2D eigenvalue weighted by Gasteiger charge is 2.44. The number of pyridine rings is 1. The topological polar surface area (TPSA) is 124 Å². The number of urea groups is 1. The summed E-state index contributed by atoms with van der Waals surface area (Å²) in [6, 6.07) is 12.6. The first-order chi connectivity index (χ1) is 21.3. The summed E-state index contributed by atoms with van der Waals surface area (Å²) in [5.74, 6) is 0.592. The molecule has 12 heteroatoms. The SMILES string of the molecule is Cc1cc(N2CC[C@](C)(c3ccccc3)C2)cnc1C(=O)NCCN1CC2(CCN(c3nccn4cnnc34)CC2)NC1=O. The van der Waals surface area contributed by atoms with Crippen molar-refractivity contribution >= 4 is 29.1 Å². The van der Waals surface area contributed by atoms with E-state index in [9.17, 15) is 9.59 Å². The van der Waals surface area contributed by atoms with Crippen LogP contribution in [0.4, 0.5) is 16.3 Å². The Morgan fingerprint density at radius 3 is 2.64 bits per heavy atom. The Morgan fingerprint density at radius 2 is 1.84 bits per heavy atom. The van der Waals surface area contributed by atoms with E-state index in [0.717, 1.165) is 68.2 Å². The molecule has 1 spiro atoms. The van der Waals surface area contributed by atoms with E-state index < -0.39 is 0 Å². The van der Waals surface area contributed by atoms with E-state index in [2.05, 4.69) is 83.9 Å². The van der Waals surface area contributed by atoms with E-state index in [4.69, 9.17) is 0 Å². The second kappa shape index (κ2) is 11.1. The Bertz CT molecular complexity index is 1680. The van der Waals surface area contributed by atoms with E-state index in [-0.39, 0.29) is 22.9 Å². The number of piperidine rings is 1. The van der Waals surface area contributed by atoms with Crippen LogP contribution in [-0.4, -0.2) is 92.8 Å². The molecule has 0 aliphatic carbocycles. The third-order valence-electron chi connectivity index (χ3n) is 9.63. The van der Waals surface area contributed by atoms with Crippen molar-refractivity contribution in [3.8, 4) is 0 Å². The normalized spacial score (nSPS) is 21.3. The second-order valence-electron chi connectivity index (χ2n) is 12.6. The predicted molar refractivity (Wildman–Crippen MR) is 167 cm³/mol. The lowest BCUT2D eigenvalue weighted by Gasteiger charge is -2.39. The lowest BCUT2D eigenvalue weighted by Crippen LogP contribution is -2.52. The molecule has 2 N–H and O–H groups in total. The Balaban J connectivity index is 0.910. The van der Waals surface area contributed by atoms with Gasteiger partial charge in [-0.15, -0.1) is 10.2 Å². The lowest BCUT2D eigenvalue weighted by molar-refractivity contribution is 0.0944. The van der Waals surface area contributed by atoms with Gasteiger partial charge in [0.2, 0.25) is 5.65 Å². The molecule has 3 fully saturated rings. The third kappa shape index (κ3) is 5.18. The van der Waals surface area contributed by atoms with Crippen LogP contribution in [0.3, 0.4) is 0 Å². The van der Waals surface area contributed by atoms with Crippen LogP contribution < -0.4 is 20.4 Å². The fraction of sp³-hybridized carbons (Fsp3) is 0.438. The van der Waals surface area contributed by atoms with Gasteiger partial charge >= 0.3 is 6.03 Å². The number of fused-ring (bicyclic) bond motifs is 1. The third-order valence-corrected chi connectivity index (χ3v) is 9.63. The monoisotopic (exact) mass is 594 g/mol. The number of carbonyl (C=O) groups excluding carboxylic acids is 2. The average Bonchev–Trinajstić information content (AvgIpc) is 3.76. The largest absolute Gasteiger partial charge is 0.369 e. The maximum atomic E-state index is 13.1. The maximum absolute atomic E-state index is 13.1. The van der Waals surface area contributed by atoms with Gasteiger partial charge in [-0.1, -0.05) is 37.3 Å². The first-order valence-electron chi connectivity index (χ1n) is 15.3. The fourth-order valence-corrected chi connectivity index (χ4v) is 6.98. The molecule has 3 aliphatic rings. The van der Waals surface area contributed by atoms with Gasteiger partial charge in [-0.3, -0.25) is 9.20 Å². The van der Waals surface area contributed by atoms with Crippen LogP contribution in [0, 0.1) is 6.92 Å². The van der Waals surface area contributed by atoms with Crippen molar-refractivity contribution in [2.75, 3.05) is 55.6 Å². The van der Waals surface area contributed by atoms with Crippen LogP contribution in [0.2, 0.25) is 0 Å². The highest BCUT2D eigenvalue weighted by molar-refractivity contribution is 5.94. The molecule has 0 unspecified atom stereocenters. The smallest absolute Gasteiger partial charge is 0.318 e. The maximum Gasteiger partial charge on any atom is 0.318 e. The number of aryl methyl sites for hydroxylation is 1. The molecule has 3 aromatic heterocycles. The summed E-state index contributed by atoms with van der Waals surface area (Å²) in [6.07, 6.45) is 9.73. The minimum absolute atomic E-state index is 0.0860. The summed E-state index contributed by atoms with van der Waals surface area (Å²) >= 11 is 0. The Labute approximate surface area is 256 Å². The zero-order valence-electron chi connectivity index (χ0n) is 25.2. The summed E-state index contributed by atoms with van der Waals surface area (Å²) in [6.45, 7) is 9.03.